The van der Waals surface area contributed by atoms with Crippen molar-refractivity contribution in [2.75, 3.05) is 6.54 Å². The van der Waals surface area contributed by atoms with Crippen molar-refractivity contribution in [1.82, 2.24) is 5.32 Å². The standard InChI is InChI=1S/C14H19N3O/c1-2-3-7-10-16-13(11-14(15)17-18)12-8-5-4-6-9-12/h4-6,8-9,13,16,18H,7,10-11H2,1H3,(H2,15,17). The molecule has 0 saturated carbocycles. The van der Waals surface area contributed by atoms with Crippen molar-refractivity contribution in [2.45, 2.75) is 25.8 Å². The molecule has 4 nitrogen and oxygen atoms in total. The number of hydrogen-bond acceptors (Lipinski definition) is 3. The fourth-order valence-electron chi connectivity index (χ4n) is 1.68. The summed E-state index contributed by atoms with van der Waals surface area (Å²) in [6.07, 6.45) is 1.26. The minimum atomic E-state index is 0.0424. The summed E-state index contributed by atoms with van der Waals surface area (Å²) in [7, 11) is 0. The van der Waals surface area contributed by atoms with E-state index in [4.69, 9.17) is 10.9 Å². The van der Waals surface area contributed by atoms with Crippen LogP contribution in [0, 0.1) is 11.8 Å². The normalized spacial score (nSPS) is 12.6. The Bertz CT molecular complexity index is 431. The van der Waals surface area contributed by atoms with Gasteiger partial charge in [-0.05, 0) is 12.5 Å². The molecule has 4 heteroatoms. The zero-order valence-electron chi connectivity index (χ0n) is 10.6. The third-order valence-electron chi connectivity index (χ3n) is 2.56. The highest BCUT2D eigenvalue weighted by atomic mass is 16.4. The molecule has 0 fully saturated rings. The van der Waals surface area contributed by atoms with E-state index in [1.54, 1.807) is 0 Å². The molecule has 96 valence electrons. The van der Waals surface area contributed by atoms with Gasteiger partial charge in [-0.2, -0.15) is 0 Å². The molecule has 0 bridgehead atoms. The smallest absolute Gasteiger partial charge is 0.141 e. The number of amidine groups is 1. The number of nitrogens with zero attached hydrogens (tertiary/aromatic N) is 1. The lowest BCUT2D eigenvalue weighted by Gasteiger charge is -2.18. The zero-order chi connectivity index (χ0) is 13.2. The van der Waals surface area contributed by atoms with E-state index in [0.717, 1.165) is 18.5 Å². The van der Waals surface area contributed by atoms with Gasteiger partial charge in [0.25, 0.3) is 0 Å². The van der Waals surface area contributed by atoms with Crippen LogP contribution in [-0.2, 0) is 0 Å². The van der Waals surface area contributed by atoms with Crippen molar-refractivity contribution < 1.29 is 5.21 Å². The summed E-state index contributed by atoms with van der Waals surface area (Å²) in [6, 6.07) is 10.00. The van der Waals surface area contributed by atoms with Gasteiger partial charge >= 0.3 is 0 Å². The second kappa shape index (κ2) is 8.15. The molecule has 0 spiro atoms. The highest BCUT2D eigenvalue weighted by Crippen LogP contribution is 2.16. The Morgan fingerprint density at radius 1 is 1.44 bits per heavy atom. The predicted molar refractivity (Wildman–Crippen MR) is 73.3 cm³/mol. The van der Waals surface area contributed by atoms with E-state index in [-0.39, 0.29) is 11.9 Å². The van der Waals surface area contributed by atoms with Crippen molar-refractivity contribution in [3.63, 3.8) is 0 Å². The van der Waals surface area contributed by atoms with Gasteiger partial charge in [0.1, 0.15) is 5.84 Å². The highest BCUT2D eigenvalue weighted by molar-refractivity contribution is 5.80. The Balaban J connectivity index is 2.65. The molecule has 0 saturated heterocycles. The van der Waals surface area contributed by atoms with E-state index in [1.165, 1.54) is 0 Å². The molecule has 0 aliphatic rings. The monoisotopic (exact) mass is 245 g/mol. The molecule has 0 radical (unpaired) electrons. The molecule has 1 rings (SSSR count). The first-order valence-electron chi connectivity index (χ1n) is 5.92. The van der Waals surface area contributed by atoms with Crippen LogP contribution in [0.2, 0.25) is 0 Å². The zero-order valence-corrected chi connectivity index (χ0v) is 10.6. The average molecular weight is 245 g/mol. The maximum absolute atomic E-state index is 8.65. The van der Waals surface area contributed by atoms with Gasteiger partial charge in [-0.25, -0.2) is 0 Å². The molecule has 0 heterocycles. The minimum absolute atomic E-state index is 0.0424. The van der Waals surface area contributed by atoms with Crippen LogP contribution in [0.1, 0.15) is 31.4 Å². The van der Waals surface area contributed by atoms with Gasteiger partial charge in [0.2, 0.25) is 0 Å². The largest absolute Gasteiger partial charge is 0.409 e. The molecule has 1 atom stereocenters. The number of hydrogen-bond donors (Lipinski definition) is 3. The predicted octanol–water partition coefficient (Wildman–Crippen LogP) is 1.87. The van der Waals surface area contributed by atoms with Crippen molar-refractivity contribution >= 4 is 5.84 Å². The van der Waals surface area contributed by atoms with Crippen molar-refractivity contribution in [3.8, 4) is 11.8 Å². The Kier molecular flexibility index (Phi) is 6.37. The van der Waals surface area contributed by atoms with Gasteiger partial charge in [-0.1, -0.05) is 35.5 Å². The fourth-order valence-corrected chi connectivity index (χ4v) is 1.68. The van der Waals surface area contributed by atoms with Crippen LogP contribution < -0.4 is 11.1 Å². The van der Waals surface area contributed by atoms with E-state index in [0.29, 0.717) is 6.42 Å². The van der Waals surface area contributed by atoms with E-state index < -0.39 is 0 Å². The molecule has 0 aliphatic heterocycles. The van der Waals surface area contributed by atoms with Gasteiger partial charge in [-0.3, -0.25) is 0 Å². The third kappa shape index (κ3) is 4.89. The number of nitrogens with two attached hydrogens (primary N) is 1. The Morgan fingerprint density at radius 3 is 2.78 bits per heavy atom. The minimum Gasteiger partial charge on any atom is -0.409 e. The van der Waals surface area contributed by atoms with Crippen LogP contribution in [0.3, 0.4) is 0 Å². The number of benzene rings is 1. The molecular formula is C14H19N3O. The summed E-state index contributed by atoms with van der Waals surface area (Å²) in [5.74, 6) is 6.07. The SMILES string of the molecule is CC#CCCNC(C/C(N)=N/O)c1ccccc1. The van der Waals surface area contributed by atoms with Crippen molar-refractivity contribution in [2.24, 2.45) is 10.9 Å². The summed E-state index contributed by atoms with van der Waals surface area (Å²) in [5, 5.41) is 15.0. The maximum atomic E-state index is 8.65. The number of nitrogens with one attached hydrogen (secondary N) is 1. The molecule has 1 unspecified atom stereocenters. The third-order valence-corrected chi connectivity index (χ3v) is 2.56. The van der Waals surface area contributed by atoms with Gasteiger partial charge in [0.15, 0.2) is 0 Å². The van der Waals surface area contributed by atoms with E-state index in [9.17, 15) is 0 Å². The second-order valence-corrected chi connectivity index (χ2v) is 3.89. The van der Waals surface area contributed by atoms with Gasteiger partial charge in [-0.15, -0.1) is 11.8 Å². The van der Waals surface area contributed by atoms with E-state index in [2.05, 4.69) is 22.3 Å². The van der Waals surface area contributed by atoms with E-state index in [1.807, 2.05) is 37.3 Å². The van der Waals surface area contributed by atoms with Crippen LogP contribution in [0.15, 0.2) is 35.5 Å². The molecule has 1 aromatic rings. The van der Waals surface area contributed by atoms with Gasteiger partial charge in [0, 0.05) is 25.4 Å². The summed E-state index contributed by atoms with van der Waals surface area (Å²) >= 11 is 0. The first-order chi connectivity index (χ1) is 8.77. The fraction of sp³-hybridized carbons (Fsp3) is 0.357. The van der Waals surface area contributed by atoms with Crippen LogP contribution in [0.4, 0.5) is 0 Å². The lowest BCUT2D eigenvalue weighted by molar-refractivity contribution is 0.315. The maximum Gasteiger partial charge on any atom is 0.141 e. The topological polar surface area (TPSA) is 70.6 Å². The summed E-state index contributed by atoms with van der Waals surface area (Å²) < 4.78 is 0. The summed E-state index contributed by atoms with van der Waals surface area (Å²) in [5.41, 5.74) is 6.69. The Hall–Kier alpha value is -1.99. The molecule has 4 N–H and O–H groups in total. The first-order valence-corrected chi connectivity index (χ1v) is 5.92. The van der Waals surface area contributed by atoms with E-state index >= 15 is 0 Å². The quantitative estimate of drug-likeness (QED) is 0.179. The number of rotatable bonds is 6. The molecular weight excluding hydrogens is 226 g/mol. The summed E-state index contributed by atoms with van der Waals surface area (Å²) in [6.45, 7) is 2.60. The Morgan fingerprint density at radius 2 is 2.17 bits per heavy atom. The van der Waals surface area contributed by atoms with Crippen LogP contribution in [-0.4, -0.2) is 17.6 Å². The van der Waals surface area contributed by atoms with Crippen LogP contribution >= 0.6 is 0 Å². The molecule has 0 aliphatic carbocycles. The molecule has 0 amide bonds. The highest BCUT2D eigenvalue weighted by Gasteiger charge is 2.12. The summed E-state index contributed by atoms with van der Waals surface area (Å²) in [4.78, 5) is 0. The molecule has 18 heavy (non-hydrogen) atoms. The van der Waals surface area contributed by atoms with Crippen LogP contribution in [0.5, 0.6) is 0 Å². The second-order valence-electron chi connectivity index (χ2n) is 3.89. The lowest BCUT2D eigenvalue weighted by Crippen LogP contribution is -2.27. The van der Waals surface area contributed by atoms with Gasteiger partial charge in [0.05, 0.1) is 0 Å². The average Bonchev–Trinajstić information content (AvgIpc) is 2.43. The molecule has 0 aromatic heterocycles. The first kappa shape index (κ1) is 14.1. The van der Waals surface area contributed by atoms with Crippen molar-refractivity contribution in [1.29, 1.82) is 0 Å². The van der Waals surface area contributed by atoms with Crippen molar-refractivity contribution in [3.05, 3.63) is 35.9 Å². The molecule has 1 aromatic carbocycles. The lowest BCUT2D eigenvalue weighted by atomic mass is 10.0. The number of oxime groups is 1. The van der Waals surface area contributed by atoms with Gasteiger partial charge < -0.3 is 16.3 Å². The Labute approximate surface area is 108 Å². The van der Waals surface area contributed by atoms with Crippen LogP contribution in [0.25, 0.3) is 0 Å².